The molecular weight excluding hydrogens is 250 g/mol. The molecule has 4 heteroatoms. The zero-order chi connectivity index (χ0) is 13.8. The van der Waals surface area contributed by atoms with Crippen molar-refractivity contribution in [1.29, 1.82) is 0 Å². The Balaban J connectivity index is 1.75. The van der Waals surface area contributed by atoms with Crippen molar-refractivity contribution >= 4 is 0 Å². The highest BCUT2D eigenvalue weighted by molar-refractivity contribution is 5.18. The van der Waals surface area contributed by atoms with E-state index in [0.29, 0.717) is 30.4 Å². The first kappa shape index (κ1) is 14.4. The Morgan fingerprint density at radius 1 is 1.32 bits per heavy atom. The van der Waals surface area contributed by atoms with Gasteiger partial charge in [-0.3, -0.25) is 0 Å². The van der Waals surface area contributed by atoms with Gasteiger partial charge >= 0.3 is 0 Å². The Labute approximate surface area is 112 Å². The van der Waals surface area contributed by atoms with Gasteiger partial charge in [-0.15, -0.1) is 0 Å². The van der Waals surface area contributed by atoms with Gasteiger partial charge in [-0.25, -0.2) is 8.78 Å². The fraction of sp³-hybridized carbons (Fsp3) is 0.600. The molecule has 0 radical (unpaired) electrons. The van der Waals surface area contributed by atoms with Crippen LogP contribution in [0, 0.1) is 17.6 Å². The molecule has 0 bridgehead atoms. The average molecular weight is 270 g/mol. The third-order valence-corrected chi connectivity index (χ3v) is 3.66. The van der Waals surface area contributed by atoms with Crippen molar-refractivity contribution in [2.45, 2.75) is 44.8 Å². The van der Waals surface area contributed by atoms with Gasteiger partial charge in [0.25, 0.3) is 0 Å². The number of halogens is 2. The maximum Gasteiger partial charge on any atom is 0.159 e. The van der Waals surface area contributed by atoms with Crippen LogP contribution in [0.1, 0.15) is 31.7 Å². The van der Waals surface area contributed by atoms with Gasteiger partial charge in [0.2, 0.25) is 0 Å². The zero-order valence-electron chi connectivity index (χ0n) is 11.1. The quantitative estimate of drug-likeness (QED) is 0.860. The Kier molecular flexibility index (Phi) is 4.88. The number of hydrogen-bond acceptors (Lipinski definition) is 2. The van der Waals surface area contributed by atoms with E-state index in [1.165, 1.54) is 6.07 Å². The minimum Gasteiger partial charge on any atom is -0.393 e. The predicted molar refractivity (Wildman–Crippen MR) is 68.8 cm³/mol. The Bertz CT molecular complexity index is 417. The van der Waals surface area contributed by atoms with Crippen LogP contribution in [0.3, 0.4) is 0 Å². The van der Waals surface area contributed by atoms with Crippen LogP contribution in [-0.2, 0) is 11.2 Å². The third-order valence-electron chi connectivity index (χ3n) is 3.66. The van der Waals surface area contributed by atoms with E-state index in [9.17, 15) is 13.9 Å². The topological polar surface area (TPSA) is 29.5 Å². The number of ether oxygens (including phenoxy) is 1. The van der Waals surface area contributed by atoms with Crippen LogP contribution in [0.15, 0.2) is 18.2 Å². The van der Waals surface area contributed by atoms with Crippen molar-refractivity contribution in [3.05, 3.63) is 35.4 Å². The van der Waals surface area contributed by atoms with Crippen molar-refractivity contribution in [3.63, 3.8) is 0 Å². The van der Waals surface area contributed by atoms with E-state index < -0.39 is 17.7 Å². The summed E-state index contributed by atoms with van der Waals surface area (Å²) in [5, 5.41) is 9.96. The second kappa shape index (κ2) is 6.44. The van der Waals surface area contributed by atoms with Crippen LogP contribution < -0.4 is 0 Å². The largest absolute Gasteiger partial charge is 0.393 e. The smallest absolute Gasteiger partial charge is 0.159 e. The lowest BCUT2D eigenvalue weighted by Gasteiger charge is -2.36. The fourth-order valence-corrected chi connectivity index (χ4v) is 2.65. The second-order valence-electron chi connectivity index (χ2n) is 5.26. The standard InChI is InChI=1S/C15H20F2O2/c1-2-19-13-7-11(8-13)6-12(18)5-10-3-4-14(16)15(17)9-10/h3-4,9,11-13,18H,2,5-8H2,1H3. The molecule has 1 aromatic carbocycles. The van der Waals surface area contributed by atoms with E-state index in [-0.39, 0.29) is 0 Å². The van der Waals surface area contributed by atoms with Gasteiger partial charge in [-0.05, 0) is 56.2 Å². The van der Waals surface area contributed by atoms with Gasteiger partial charge in [0.05, 0.1) is 12.2 Å². The van der Waals surface area contributed by atoms with Gasteiger partial charge in [-0.1, -0.05) is 6.07 Å². The molecular formula is C15H20F2O2. The molecule has 1 aliphatic rings. The lowest BCUT2D eigenvalue weighted by atomic mass is 9.78. The molecule has 1 N–H and O–H groups in total. The van der Waals surface area contributed by atoms with Crippen molar-refractivity contribution in [3.8, 4) is 0 Å². The summed E-state index contributed by atoms with van der Waals surface area (Å²) in [5.41, 5.74) is 0.632. The summed E-state index contributed by atoms with van der Waals surface area (Å²) in [6.45, 7) is 2.71. The summed E-state index contributed by atoms with van der Waals surface area (Å²) < 4.78 is 31.3. The van der Waals surface area contributed by atoms with Gasteiger partial charge in [0.15, 0.2) is 11.6 Å². The van der Waals surface area contributed by atoms with E-state index >= 15 is 0 Å². The summed E-state index contributed by atoms with van der Waals surface area (Å²) in [6.07, 6.45) is 2.88. The van der Waals surface area contributed by atoms with Crippen LogP contribution in [0.5, 0.6) is 0 Å². The summed E-state index contributed by atoms with van der Waals surface area (Å²) >= 11 is 0. The Morgan fingerprint density at radius 2 is 2.05 bits per heavy atom. The molecule has 0 spiro atoms. The van der Waals surface area contributed by atoms with E-state index in [1.54, 1.807) is 0 Å². The van der Waals surface area contributed by atoms with Crippen molar-refractivity contribution in [1.82, 2.24) is 0 Å². The number of benzene rings is 1. The Morgan fingerprint density at radius 3 is 2.68 bits per heavy atom. The van der Waals surface area contributed by atoms with Crippen molar-refractivity contribution in [2.24, 2.45) is 5.92 Å². The molecule has 19 heavy (non-hydrogen) atoms. The van der Waals surface area contributed by atoms with E-state index in [1.807, 2.05) is 6.92 Å². The molecule has 0 aliphatic heterocycles. The maximum atomic E-state index is 13.0. The highest BCUT2D eigenvalue weighted by atomic mass is 19.2. The number of aliphatic hydroxyl groups is 1. The SMILES string of the molecule is CCOC1CC(CC(O)Cc2ccc(F)c(F)c2)C1. The minimum absolute atomic E-state index is 0.338. The highest BCUT2D eigenvalue weighted by Gasteiger charge is 2.30. The first-order valence-corrected chi connectivity index (χ1v) is 6.82. The molecule has 1 saturated carbocycles. The molecule has 1 fully saturated rings. The molecule has 106 valence electrons. The first-order chi connectivity index (χ1) is 9.08. The molecule has 1 aliphatic carbocycles. The fourth-order valence-electron chi connectivity index (χ4n) is 2.65. The van der Waals surface area contributed by atoms with Gasteiger partial charge < -0.3 is 9.84 Å². The van der Waals surface area contributed by atoms with E-state index in [0.717, 1.165) is 31.6 Å². The van der Waals surface area contributed by atoms with Crippen LogP contribution in [-0.4, -0.2) is 23.9 Å². The van der Waals surface area contributed by atoms with Crippen LogP contribution >= 0.6 is 0 Å². The average Bonchev–Trinajstić information content (AvgIpc) is 2.31. The number of hydrogen-bond donors (Lipinski definition) is 1. The number of aliphatic hydroxyl groups excluding tert-OH is 1. The summed E-state index contributed by atoms with van der Waals surface area (Å²) in [4.78, 5) is 0. The lowest BCUT2D eigenvalue weighted by Crippen LogP contribution is -2.34. The third kappa shape index (κ3) is 3.98. The summed E-state index contributed by atoms with van der Waals surface area (Å²) in [5.74, 6) is -1.22. The molecule has 0 saturated heterocycles. The molecule has 1 atom stereocenters. The molecule has 2 nitrogen and oxygen atoms in total. The molecule has 1 aromatic rings. The predicted octanol–water partition coefficient (Wildman–Crippen LogP) is 3.07. The van der Waals surface area contributed by atoms with E-state index in [4.69, 9.17) is 4.74 Å². The highest BCUT2D eigenvalue weighted by Crippen LogP contribution is 2.34. The van der Waals surface area contributed by atoms with Crippen LogP contribution in [0.4, 0.5) is 8.78 Å². The van der Waals surface area contributed by atoms with E-state index in [2.05, 4.69) is 0 Å². The second-order valence-corrected chi connectivity index (χ2v) is 5.26. The Hall–Kier alpha value is -1.00. The van der Waals surface area contributed by atoms with Crippen LogP contribution in [0.2, 0.25) is 0 Å². The van der Waals surface area contributed by atoms with Gasteiger partial charge in [0.1, 0.15) is 0 Å². The molecule has 0 amide bonds. The molecule has 0 aromatic heterocycles. The summed E-state index contributed by atoms with van der Waals surface area (Å²) in [6, 6.07) is 3.78. The zero-order valence-corrected chi connectivity index (χ0v) is 11.1. The monoisotopic (exact) mass is 270 g/mol. The molecule has 1 unspecified atom stereocenters. The molecule has 0 heterocycles. The summed E-state index contributed by atoms with van der Waals surface area (Å²) in [7, 11) is 0. The number of rotatable bonds is 6. The normalized spacial score (nSPS) is 24.0. The first-order valence-electron chi connectivity index (χ1n) is 6.82. The maximum absolute atomic E-state index is 13.0. The minimum atomic E-state index is -0.857. The lowest BCUT2D eigenvalue weighted by molar-refractivity contribution is -0.0375. The van der Waals surface area contributed by atoms with Crippen molar-refractivity contribution in [2.75, 3.05) is 6.61 Å². The van der Waals surface area contributed by atoms with Crippen LogP contribution in [0.25, 0.3) is 0 Å². The van der Waals surface area contributed by atoms with Crippen molar-refractivity contribution < 1.29 is 18.6 Å². The van der Waals surface area contributed by atoms with Gasteiger partial charge in [0, 0.05) is 6.61 Å². The van der Waals surface area contributed by atoms with Gasteiger partial charge in [-0.2, -0.15) is 0 Å². The molecule has 2 rings (SSSR count).